The maximum Gasteiger partial charge on any atom is 0.235 e. The molecule has 1 amide bonds. The number of nitriles is 1. The Labute approximate surface area is 119 Å². The number of hydrogen-bond acceptors (Lipinski definition) is 4. The van der Waals surface area contributed by atoms with Crippen LogP contribution in [-0.4, -0.2) is 29.9 Å². The van der Waals surface area contributed by atoms with E-state index in [1.807, 2.05) is 43.3 Å². The molecule has 0 aliphatic carbocycles. The number of carbonyl (C=O) groups is 1. The van der Waals surface area contributed by atoms with Gasteiger partial charge in [0, 0.05) is 11.4 Å². The average Bonchev–Trinajstić information content (AvgIpc) is 2.80. The lowest BCUT2D eigenvalue weighted by atomic mass is 9.90. The smallest absolute Gasteiger partial charge is 0.235 e. The van der Waals surface area contributed by atoms with Crippen molar-refractivity contribution in [3.63, 3.8) is 0 Å². The second-order valence-corrected chi connectivity index (χ2v) is 6.30. The van der Waals surface area contributed by atoms with Crippen molar-refractivity contribution in [2.75, 3.05) is 13.6 Å². The normalized spacial score (nSPS) is 14.2. The van der Waals surface area contributed by atoms with E-state index >= 15 is 0 Å². The molecule has 0 aliphatic rings. The third-order valence-corrected chi connectivity index (χ3v) is 4.07. The van der Waals surface area contributed by atoms with Gasteiger partial charge in [-0.1, -0.05) is 19.9 Å². The summed E-state index contributed by atoms with van der Waals surface area (Å²) in [6, 6.07) is 6.23. The summed E-state index contributed by atoms with van der Waals surface area (Å²) in [5.74, 6) is -0.0409. The number of carbonyl (C=O) groups excluding carboxylic acids is 1. The number of thiophene rings is 1. The van der Waals surface area contributed by atoms with E-state index in [9.17, 15) is 4.79 Å². The fourth-order valence-corrected chi connectivity index (χ4v) is 2.38. The summed E-state index contributed by atoms with van der Waals surface area (Å²) >= 11 is 1.68. The van der Waals surface area contributed by atoms with Gasteiger partial charge in [-0.2, -0.15) is 5.26 Å². The van der Waals surface area contributed by atoms with Gasteiger partial charge in [0.2, 0.25) is 5.91 Å². The van der Waals surface area contributed by atoms with Crippen LogP contribution in [0.15, 0.2) is 17.5 Å². The molecular formula is C14H21N3OS. The molecule has 1 aromatic heterocycles. The van der Waals surface area contributed by atoms with Crippen molar-refractivity contribution in [2.24, 2.45) is 5.92 Å². The van der Waals surface area contributed by atoms with Crippen molar-refractivity contribution < 1.29 is 4.79 Å². The van der Waals surface area contributed by atoms with Gasteiger partial charge in [0.15, 0.2) is 0 Å². The molecule has 1 N–H and O–H groups in total. The summed E-state index contributed by atoms with van der Waals surface area (Å²) in [6.45, 7) is 6.66. The molecule has 104 valence electrons. The van der Waals surface area contributed by atoms with Crippen molar-refractivity contribution in [3.8, 4) is 6.07 Å². The molecule has 5 heteroatoms. The van der Waals surface area contributed by atoms with E-state index in [4.69, 9.17) is 5.26 Å². The van der Waals surface area contributed by atoms with Gasteiger partial charge in [0.1, 0.15) is 5.54 Å². The quantitative estimate of drug-likeness (QED) is 0.869. The third-order valence-electron chi connectivity index (χ3n) is 3.21. The van der Waals surface area contributed by atoms with Crippen LogP contribution in [0.1, 0.15) is 25.6 Å². The topological polar surface area (TPSA) is 56.1 Å². The fraction of sp³-hybridized carbons (Fsp3) is 0.571. The van der Waals surface area contributed by atoms with Gasteiger partial charge in [-0.15, -0.1) is 11.3 Å². The van der Waals surface area contributed by atoms with Crippen LogP contribution >= 0.6 is 11.3 Å². The van der Waals surface area contributed by atoms with Crippen molar-refractivity contribution in [3.05, 3.63) is 22.4 Å². The highest BCUT2D eigenvalue weighted by atomic mass is 32.1. The van der Waals surface area contributed by atoms with Gasteiger partial charge in [0.25, 0.3) is 0 Å². The van der Waals surface area contributed by atoms with E-state index in [0.717, 1.165) is 6.54 Å². The van der Waals surface area contributed by atoms with E-state index in [2.05, 4.69) is 11.4 Å². The third kappa shape index (κ3) is 4.66. The minimum absolute atomic E-state index is 0.0732. The van der Waals surface area contributed by atoms with Gasteiger partial charge in [0.05, 0.1) is 12.6 Å². The number of hydrogen-bond donors (Lipinski definition) is 1. The van der Waals surface area contributed by atoms with Gasteiger partial charge >= 0.3 is 0 Å². The Hall–Kier alpha value is -1.38. The zero-order chi connectivity index (χ0) is 14.5. The highest BCUT2D eigenvalue weighted by Crippen LogP contribution is 2.15. The monoisotopic (exact) mass is 279 g/mol. The van der Waals surface area contributed by atoms with Crippen LogP contribution in [0.5, 0.6) is 0 Å². The molecule has 0 unspecified atom stereocenters. The Morgan fingerprint density at radius 3 is 2.79 bits per heavy atom. The van der Waals surface area contributed by atoms with E-state index in [-0.39, 0.29) is 11.8 Å². The highest BCUT2D eigenvalue weighted by molar-refractivity contribution is 7.09. The Morgan fingerprint density at radius 1 is 1.63 bits per heavy atom. The first-order valence-corrected chi connectivity index (χ1v) is 7.18. The molecule has 1 atom stereocenters. The minimum Gasteiger partial charge on any atom is -0.337 e. The van der Waals surface area contributed by atoms with E-state index < -0.39 is 5.54 Å². The second kappa shape index (κ2) is 6.69. The number of nitrogens with zero attached hydrogens (tertiary/aromatic N) is 2. The summed E-state index contributed by atoms with van der Waals surface area (Å²) in [4.78, 5) is 15.1. The predicted molar refractivity (Wildman–Crippen MR) is 77.7 cm³/mol. The van der Waals surface area contributed by atoms with Gasteiger partial charge in [-0.25, -0.2) is 0 Å². The van der Waals surface area contributed by atoms with Crippen LogP contribution in [0.4, 0.5) is 0 Å². The Balaban J connectivity index is 2.49. The maximum atomic E-state index is 12.0. The lowest BCUT2D eigenvalue weighted by Crippen LogP contribution is -2.51. The highest BCUT2D eigenvalue weighted by Gasteiger charge is 2.30. The molecule has 0 aliphatic heterocycles. The number of rotatable bonds is 6. The minimum atomic E-state index is -0.805. The molecule has 4 nitrogen and oxygen atoms in total. The van der Waals surface area contributed by atoms with Gasteiger partial charge < -0.3 is 5.32 Å². The largest absolute Gasteiger partial charge is 0.337 e. The lowest BCUT2D eigenvalue weighted by molar-refractivity contribution is -0.123. The molecule has 0 fully saturated rings. The Morgan fingerprint density at radius 2 is 2.32 bits per heavy atom. The zero-order valence-electron chi connectivity index (χ0n) is 11.9. The first-order valence-electron chi connectivity index (χ1n) is 6.30. The molecule has 1 aromatic rings. The summed E-state index contributed by atoms with van der Waals surface area (Å²) in [5, 5.41) is 14.0. The van der Waals surface area contributed by atoms with Crippen LogP contribution in [0.2, 0.25) is 0 Å². The summed E-state index contributed by atoms with van der Waals surface area (Å²) in [6.07, 6.45) is 0. The van der Waals surface area contributed by atoms with Crippen LogP contribution in [-0.2, 0) is 11.3 Å². The Bertz CT molecular complexity index is 450. The summed E-state index contributed by atoms with van der Waals surface area (Å²) < 4.78 is 0. The molecular weight excluding hydrogens is 258 g/mol. The molecule has 0 saturated carbocycles. The van der Waals surface area contributed by atoms with Crippen LogP contribution in [0.25, 0.3) is 0 Å². The van der Waals surface area contributed by atoms with E-state index in [0.29, 0.717) is 6.54 Å². The number of amides is 1. The first kappa shape index (κ1) is 15.7. The van der Waals surface area contributed by atoms with E-state index in [1.165, 1.54) is 4.88 Å². The molecule has 1 heterocycles. The predicted octanol–water partition coefficient (Wildman–Crippen LogP) is 2.23. The van der Waals surface area contributed by atoms with Gasteiger partial charge in [-0.05, 0) is 31.3 Å². The molecule has 0 bridgehead atoms. The number of nitrogens with one attached hydrogen (secondary N) is 1. The Kier molecular flexibility index (Phi) is 5.52. The molecule has 19 heavy (non-hydrogen) atoms. The second-order valence-electron chi connectivity index (χ2n) is 5.27. The van der Waals surface area contributed by atoms with Crippen LogP contribution in [0.3, 0.4) is 0 Å². The molecule has 0 radical (unpaired) electrons. The number of likely N-dealkylation sites (N-methyl/N-ethyl adjacent to an activating group) is 1. The molecule has 0 spiro atoms. The average molecular weight is 279 g/mol. The van der Waals surface area contributed by atoms with E-state index in [1.54, 1.807) is 18.3 Å². The van der Waals surface area contributed by atoms with Crippen molar-refractivity contribution in [1.82, 2.24) is 10.2 Å². The molecule has 0 aromatic carbocycles. The standard InChI is InChI=1S/C14H21N3OS/c1-11(2)14(3,10-15)16-13(18)9-17(4)8-12-6-5-7-19-12/h5-7,11H,8-9H2,1-4H3,(H,16,18)/t14-/m1/s1. The fourth-order valence-electron chi connectivity index (χ4n) is 1.60. The summed E-state index contributed by atoms with van der Waals surface area (Å²) in [5.41, 5.74) is -0.805. The van der Waals surface area contributed by atoms with Crippen LogP contribution < -0.4 is 5.32 Å². The summed E-state index contributed by atoms with van der Waals surface area (Å²) in [7, 11) is 1.90. The van der Waals surface area contributed by atoms with Crippen molar-refractivity contribution in [2.45, 2.75) is 32.9 Å². The SMILES string of the molecule is CC(C)[C@@](C)(C#N)NC(=O)CN(C)Cc1cccs1. The first-order chi connectivity index (χ1) is 8.87. The van der Waals surface area contributed by atoms with Crippen molar-refractivity contribution >= 4 is 17.2 Å². The maximum absolute atomic E-state index is 12.0. The van der Waals surface area contributed by atoms with Crippen molar-refractivity contribution in [1.29, 1.82) is 5.26 Å². The molecule has 1 rings (SSSR count). The zero-order valence-corrected chi connectivity index (χ0v) is 12.8. The van der Waals surface area contributed by atoms with Gasteiger partial charge in [-0.3, -0.25) is 9.69 Å². The molecule has 0 saturated heterocycles. The lowest BCUT2D eigenvalue weighted by Gasteiger charge is -2.28. The van der Waals surface area contributed by atoms with Crippen LogP contribution in [0, 0.1) is 17.2 Å².